The molecule has 1 N–H and O–H groups in total. The molecule has 0 radical (unpaired) electrons. The summed E-state index contributed by atoms with van der Waals surface area (Å²) in [5.41, 5.74) is 1.10. The fraction of sp³-hybridized carbons (Fsp3) is 0.385. The van der Waals surface area contributed by atoms with E-state index in [0.29, 0.717) is 19.4 Å². The van der Waals surface area contributed by atoms with Crippen molar-refractivity contribution in [2.45, 2.75) is 25.4 Å². The number of hydrogen-bond donors (Lipinski definition) is 1. The predicted octanol–water partition coefficient (Wildman–Crippen LogP) is 1.69. The molecule has 1 unspecified atom stereocenters. The van der Waals surface area contributed by atoms with Crippen LogP contribution >= 0.6 is 15.9 Å². The molecular formula is C13H15BrN2O2. The Labute approximate surface area is 114 Å². The van der Waals surface area contributed by atoms with Crippen LogP contribution in [-0.4, -0.2) is 29.8 Å². The van der Waals surface area contributed by atoms with E-state index in [1.165, 1.54) is 11.9 Å². The van der Waals surface area contributed by atoms with Crippen LogP contribution in [0.4, 0.5) is 0 Å². The van der Waals surface area contributed by atoms with Crippen LogP contribution in [0.1, 0.15) is 18.4 Å². The Morgan fingerprint density at radius 3 is 2.83 bits per heavy atom. The number of nitrogens with zero attached hydrogens (tertiary/aromatic N) is 1. The Kier molecular flexibility index (Phi) is 4.14. The number of amides is 2. The zero-order valence-corrected chi connectivity index (χ0v) is 11.7. The van der Waals surface area contributed by atoms with Crippen molar-refractivity contribution >= 4 is 27.7 Å². The average molecular weight is 311 g/mol. The predicted molar refractivity (Wildman–Crippen MR) is 71.8 cm³/mol. The van der Waals surface area contributed by atoms with Crippen molar-refractivity contribution in [2.75, 3.05) is 7.05 Å². The molecule has 1 aliphatic heterocycles. The van der Waals surface area contributed by atoms with Crippen LogP contribution in [0.3, 0.4) is 0 Å². The summed E-state index contributed by atoms with van der Waals surface area (Å²) in [5.74, 6) is -0.239. The summed E-state index contributed by atoms with van der Waals surface area (Å²) in [6.45, 7) is 0.611. The standard InChI is InChI=1S/C13H15BrN2O2/c1-16-12(17)7-6-11(13(16)18)15-8-9-4-2-3-5-10(9)14/h2-5,11,15H,6-8H2,1H3. The Balaban J connectivity index is 1.97. The Morgan fingerprint density at radius 2 is 2.11 bits per heavy atom. The van der Waals surface area contributed by atoms with Crippen molar-refractivity contribution in [1.82, 2.24) is 10.2 Å². The smallest absolute Gasteiger partial charge is 0.246 e. The lowest BCUT2D eigenvalue weighted by Gasteiger charge is -2.28. The molecule has 2 rings (SSSR count). The molecule has 4 nitrogen and oxygen atoms in total. The number of likely N-dealkylation sites (tertiary alicyclic amines) is 1. The second kappa shape index (κ2) is 5.63. The van der Waals surface area contributed by atoms with Gasteiger partial charge in [0, 0.05) is 24.5 Å². The minimum absolute atomic E-state index is 0.0982. The molecule has 5 heteroatoms. The van der Waals surface area contributed by atoms with Gasteiger partial charge in [0.25, 0.3) is 0 Å². The molecule has 0 aliphatic carbocycles. The van der Waals surface area contributed by atoms with Crippen LogP contribution in [0.15, 0.2) is 28.7 Å². The number of carbonyl (C=O) groups excluding carboxylic acids is 2. The summed E-state index contributed by atoms with van der Waals surface area (Å²) < 4.78 is 1.02. The van der Waals surface area contributed by atoms with Gasteiger partial charge in [-0.25, -0.2) is 0 Å². The number of piperidine rings is 1. The Morgan fingerprint density at radius 1 is 1.39 bits per heavy atom. The third-order valence-corrected chi connectivity index (χ3v) is 3.92. The topological polar surface area (TPSA) is 49.4 Å². The summed E-state index contributed by atoms with van der Waals surface area (Å²) >= 11 is 3.47. The van der Waals surface area contributed by atoms with Crippen LogP contribution in [-0.2, 0) is 16.1 Å². The van der Waals surface area contributed by atoms with E-state index in [9.17, 15) is 9.59 Å². The minimum atomic E-state index is -0.264. The molecule has 0 saturated carbocycles. The zero-order valence-electron chi connectivity index (χ0n) is 10.1. The first-order valence-corrected chi connectivity index (χ1v) is 6.66. The fourth-order valence-corrected chi connectivity index (χ4v) is 2.40. The molecule has 1 aliphatic rings. The van der Waals surface area contributed by atoms with Gasteiger partial charge in [0.15, 0.2) is 0 Å². The minimum Gasteiger partial charge on any atom is -0.302 e. The van der Waals surface area contributed by atoms with E-state index < -0.39 is 0 Å². The number of rotatable bonds is 3. The quantitative estimate of drug-likeness (QED) is 0.864. The lowest BCUT2D eigenvalue weighted by atomic mass is 10.0. The lowest BCUT2D eigenvalue weighted by Crippen LogP contribution is -2.51. The van der Waals surface area contributed by atoms with Crippen molar-refractivity contribution in [1.29, 1.82) is 0 Å². The lowest BCUT2D eigenvalue weighted by molar-refractivity contribution is -0.148. The maximum Gasteiger partial charge on any atom is 0.246 e. The van der Waals surface area contributed by atoms with E-state index in [1.807, 2.05) is 24.3 Å². The van der Waals surface area contributed by atoms with Gasteiger partial charge in [-0.2, -0.15) is 0 Å². The van der Waals surface area contributed by atoms with Gasteiger partial charge in [-0.3, -0.25) is 14.5 Å². The van der Waals surface area contributed by atoms with E-state index in [4.69, 9.17) is 0 Å². The molecule has 2 amide bonds. The van der Waals surface area contributed by atoms with E-state index in [1.54, 1.807) is 0 Å². The van der Waals surface area contributed by atoms with Crippen LogP contribution in [0.25, 0.3) is 0 Å². The fourth-order valence-electron chi connectivity index (χ4n) is 1.98. The van der Waals surface area contributed by atoms with Crippen molar-refractivity contribution < 1.29 is 9.59 Å². The van der Waals surface area contributed by atoms with Gasteiger partial charge in [0.1, 0.15) is 0 Å². The maximum absolute atomic E-state index is 11.9. The SMILES string of the molecule is CN1C(=O)CCC(NCc2ccccc2Br)C1=O. The molecule has 18 heavy (non-hydrogen) atoms. The van der Waals surface area contributed by atoms with Gasteiger partial charge in [-0.05, 0) is 18.1 Å². The average Bonchev–Trinajstić information content (AvgIpc) is 2.37. The number of carbonyl (C=O) groups is 2. The first-order chi connectivity index (χ1) is 8.59. The summed E-state index contributed by atoms with van der Waals surface area (Å²) in [6.07, 6.45) is 1.00. The number of nitrogens with one attached hydrogen (secondary N) is 1. The monoisotopic (exact) mass is 310 g/mol. The van der Waals surface area contributed by atoms with Crippen molar-refractivity contribution in [3.8, 4) is 0 Å². The molecule has 1 aromatic rings. The van der Waals surface area contributed by atoms with Crippen molar-refractivity contribution in [3.63, 3.8) is 0 Å². The third kappa shape index (κ3) is 2.79. The highest BCUT2D eigenvalue weighted by atomic mass is 79.9. The number of hydrogen-bond acceptors (Lipinski definition) is 3. The summed E-state index contributed by atoms with van der Waals surface area (Å²) in [7, 11) is 1.54. The van der Waals surface area contributed by atoms with E-state index in [-0.39, 0.29) is 17.9 Å². The second-order valence-corrected chi connectivity index (χ2v) is 5.21. The molecule has 0 bridgehead atoms. The summed E-state index contributed by atoms with van der Waals surface area (Å²) in [5, 5.41) is 3.21. The van der Waals surface area contributed by atoms with E-state index in [0.717, 1.165) is 10.0 Å². The molecule has 0 spiro atoms. The Bertz CT molecular complexity index is 476. The molecule has 1 atom stereocenters. The highest BCUT2D eigenvalue weighted by Gasteiger charge is 2.31. The van der Waals surface area contributed by atoms with Gasteiger partial charge in [0.05, 0.1) is 6.04 Å². The summed E-state index contributed by atoms with van der Waals surface area (Å²) in [6, 6.07) is 7.61. The molecule has 1 heterocycles. The van der Waals surface area contributed by atoms with E-state index >= 15 is 0 Å². The molecule has 96 valence electrons. The van der Waals surface area contributed by atoms with Gasteiger partial charge >= 0.3 is 0 Å². The second-order valence-electron chi connectivity index (χ2n) is 4.35. The molecule has 1 fully saturated rings. The zero-order chi connectivity index (χ0) is 13.1. The van der Waals surface area contributed by atoms with Crippen molar-refractivity contribution in [3.05, 3.63) is 34.3 Å². The highest BCUT2D eigenvalue weighted by Crippen LogP contribution is 2.17. The molecule has 0 aromatic heterocycles. The van der Waals surface area contributed by atoms with Crippen LogP contribution < -0.4 is 5.32 Å². The summed E-state index contributed by atoms with van der Waals surface area (Å²) in [4.78, 5) is 24.4. The highest BCUT2D eigenvalue weighted by molar-refractivity contribution is 9.10. The van der Waals surface area contributed by atoms with Gasteiger partial charge in [-0.15, -0.1) is 0 Å². The third-order valence-electron chi connectivity index (χ3n) is 3.15. The number of halogens is 1. The normalized spacial score (nSPS) is 20.3. The molecular weight excluding hydrogens is 296 g/mol. The number of benzene rings is 1. The van der Waals surface area contributed by atoms with Gasteiger partial charge in [0.2, 0.25) is 11.8 Å². The van der Waals surface area contributed by atoms with Crippen molar-refractivity contribution in [2.24, 2.45) is 0 Å². The van der Waals surface area contributed by atoms with E-state index in [2.05, 4.69) is 21.2 Å². The molecule has 1 saturated heterocycles. The van der Waals surface area contributed by atoms with Crippen LogP contribution in [0.5, 0.6) is 0 Å². The van der Waals surface area contributed by atoms with Gasteiger partial charge < -0.3 is 5.32 Å². The first kappa shape index (κ1) is 13.2. The number of likely N-dealkylation sites (N-methyl/N-ethyl adjacent to an activating group) is 1. The van der Waals surface area contributed by atoms with Crippen LogP contribution in [0, 0.1) is 0 Å². The molecule has 1 aromatic carbocycles. The number of imide groups is 1. The van der Waals surface area contributed by atoms with Crippen LogP contribution in [0.2, 0.25) is 0 Å². The van der Waals surface area contributed by atoms with Gasteiger partial charge in [-0.1, -0.05) is 34.1 Å². The maximum atomic E-state index is 11.9. The first-order valence-electron chi connectivity index (χ1n) is 5.87. The largest absolute Gasteiger partial charge is 0.302 e. The Hall–Kier alpha value is -1.20.